The molecule has 1 aromatic carbocycles. The van der Waals surface area contributed by atoms with E-state index in [-0.39, 0.29) is 11.9 Å². The van der Waals surface area contributed by atoms with Crippen molar-refractivity contribution in [2.45, 2.75) is 26.5 Å². The van der Waals surface area contributed by atoms with Crippen molar-refractivity contribution in [2.75, 3.05) is 19.6 Å². The van der Waals surface area contributed by atoms with Gasteiger partial charge in [0.1, 0.15) is 22.2 Å². The minimum Gasteiger partial charge on any atom is -0.486 e. The van der Waals surface area contributed by atoms with Crippen molar-refractivity contribution in [1.82, 2.24) is 15.2 Å². The van der Waals surface area contributed by atoms with Gasteiger partial charge in [-0.05, 0) is 38.1 Å². The third kappa shape index (κ3) is 3.88. The maximum absolute atomic E-state index is 12.8. The molecule has 0 bridgehead atoms. The summed E-state index contributed by atoms with van der Waals surface area (Å²) in [6.45, 7) is 6.68. The van der Waals surface area contributed by atoms with Crippen LogP contribution in [0.15, 0.2) is 24.3 Å². The zero-order chi connectivity index (χ0) is 17.1. The Morgan fingerprint density at radius 2 is 2.21 bits per heavy atom. The quantitative estimate of drug-likeness (QED) is 0.904. The van der Waals surface area contributed by atoms with Gasteiger partial charge in [-0.1, -0.05) is 11.6 Å². The molecule has 1 atom stereocenters. The molecule has 1 aliphatic rings. The van der Waals surface area contributed by atoms with Crippen LogP contribution in [0, 0.1) is 6.92 Å². The molecule has 0 saturated carbocycles. The molecule has 3 rings (SSSR count). The van der Waals surface area contributed by atoms with Crippen LogP contribution in [0.4, 0.5) is 0 Å². The number of benzene rings is 1. The summed E-state index contributed by atoms with van der Waals surface area (Å²) in [5.41, 5.74) is 0.769. The number of carbonyl (C=O) groups is 1. The number of hydrogen-bond donors (Lipinski definition) is 1. The third-order valence-electron chi connectivity index (χ3n) is 3.97. The van der Waals surface area contributed by atoms with Gasteiger partial charge in [-0.2, -0.15) is 0 Å². The average molecular weight is 366 g/mol. The van der Waals surface area contributed by atoms with Crippen LogP contribution in [-0.2, 0) is 6.61 Å². The van der Waals surface area contributed by atoms with Crippen molar-refractivity contribution in [3.8, 4) is 5.75 Å². The van der Waals surface area contributed by atoms with Crippen LogP contribution in [0.3, 0.4) is 0 Å². The molecule has 0 aliphatic carbocycles. The average Bonchev–Trinajstić information content (AvgIpc) is 2.95. The maximum Gasteiger partial charge on any atom is 0.266 e. The molecule has 1 saturated heterocycles. The molecule has 2 aromatic rings. The van der Waals surface area contributed by atoms with Crippen LogP contribution in [-0.4, -0.2) is 41.5 Å². The molecular formula is C17H20ClN3O2S. The van der Waals surface area contributed by atoms with E-state index in [0.29, 0.717) is 16.5 Å². The first-order valence-electron chi connectivity index (χ1n) is 7.91. The standard InChI is InChI=1S/C17H20ClN3O2S/c1-11-9-19-7-8-21(11)17(22)16-12(2)20-15(24-16)10-23-14-5-3-13(18)4-6-14/h3-6,11,19H,7-10H2,1-2H3/t11-/m1/s1. The molecular weight excluding hydrogens is 346 g/mol. The van der Waals surface area contributed by atoms with E-state index in [2.05, 4.69) is 17.2 Å². The molecule has 0 unspecified atom stereocenters. The van der Waals surface area contributed by atoms with E-state index < -0.39 is 0 Å². The lowest BCUT2D eigenvalue weighted by Gasteiger charge is -2.33. The Labute approximate surface area is 150 Å². The summed E-state index contributed by atoms with van der Waals surface area (Å²) in [4.78, 5) is 19.9. The van der Waals surface area contributed by atoms with E-state index in [0.717, 1.165) is 36.1 Å². The highest BCUT2D eigenvalue weighted by molar-refractivity contribution is 7.13. The number of ether oxygens (including phenoxy) is 1. The lowest BCUT2D eigenvalue weighted by molar-refractivity contribution is 0.0660. The monoisotopic (exact) mass is 365 g/mol. The fraction of sp³-hybridized carbons (Fsp3) is 0.412. The second kappa shape index (κ2) is 7.51. The Hall–Kier alpha value is -1.63. The molecule has 24 heavy (non-hydrogen) atoms. The SMILES string of the molecule is Cc1nc(COc2ccc(Cl)cc2)sc1C(=O)N1CCNC[C@H]1C. The van der Waals surface area contributed by atoms with Crippen molar-refractivity contribution in [3.63, 3.8) is 0 Å². The van der Waals surface area contributed by atoms with Crippen LogP contribution in [0.5, 0.6) is 5.75 Å². The van der Waals surface area contributed by atoms with Gasteiger partial charge in [0.15, 0.2) is 0 Å². The van der Waals surface area contributed by atoms with Crippen molar-refractivity contribution < 1.29 is 9.53 Å². The largest absolute Gasteiger partial charge is 0.486 e. The van der Waals surface area contributed by atoms with Gasteiger partial charge in [0.05, 0.1) is 5.69 Å². The number of rotatable bonds is 4. The highest BCUT2D eigenvalue weighted by atomic mass is 35.5. The van der Waals surface area contributed by atoms with Gasteiger partial charge in [0.2, 0.25) is 0 Å². The molecule has 2 heterocycles. The molecule has 7 heteroatoms. The third-order valence-corrected chi connectivity index (χ3v) is 5.34. The molecule has 1 aliphatic heterocycles. The Morgan fingerprint density at radius 1 is 1.46 bits per heavy atom. The van der Waals surface area contributed by atoms with Gasteiger partial charge in [-0.15, -0.1) is 11.3 Å². The Bertz CT molecular complexity index is 717. The van der Waals surface area contributed by atoms with Gasteiger partial charge < -0.3 is 15.0 Å². The smallest absolute Gasteiger partial charge is 0.266 e. The van der Waals surface area contributed by atoms with Crippen molar-refractivity contribution in [1.29, 1.82) is 0 Å². The van der Waals surface area contributed by atoms with Gasteiger partial charge in [-0.3, -0.25) is 4.79 Å². The summed E-state index contributed by atoms with van der Waals surface area (Å²) in [7, 11) is 0. The molecule has 128 valence electrons. The van der Waals surface area contributed by atoms with Crippen LogP contribution in [0.2, 0.25) is 5.02 Å². The van der Waals surface area contributed by atoms with Crippen LogP contribution < -0.4 is 10.1 Å². The summed E-state index contributed by atoms with van der Waals surface area (Å²) in [6.07, 6.45) is 0. The number of amides is 1. The molecule has 5 nitrogen and oxygen atoms in total. The fourth-order valence-electron chi connectivity index (χ4n) is 2.66. The first-order chi connectivity index (χ1) is 11.5. The first-order valence-corrected chi connectivity index (χ1v) is 9.10. The van der Waals surface area contributed by atoms with Crippen LogP contribution >= 0.6 is 22.9 Å². The predicted octanol–water partition coefficient (Wildman–Crippen LogP) is 3.12. The number of hydrogen-bond acceptors (Lipinski definition) is 5. The second-order valence-electron chi connectivity index (χ2n) is 5.82. The van der Waals surface area contributed by atoms with E-state index in [1.165, 1.54) is 11.3 Å². The molecule has 0 spiro atoms. The number of aromatic nitrogens is 1. The zero-order valence-electron chi connectivity index (χ0n) is 13.7. The number of nitrogens with zero attached hydrogens (tertiary/aromatic N) is 2. The van der Waals surface area contributed by atoms with Crippen molar-refractivity contribution in [3.05, 3.63) is 44.9 Å². The zero-order valence-corrected chi connectivity index (χ0v) is 15.3. The lowest BCUT2D eigenvalue weighted by Crippen LogP contribution is -2.52. The number of nitrogens with one attached hydrogen (secondary N) is 1. The van der Waals surface area contributed by atoms with Crippen molar-refractivity contribution >= 4 is 28.8 Å². The lowest BCUT2D eigenvalue weighted by atomic mass is 10.2. The number of piperazine rings is 1. The Balaban J connectivity index is 1.68. The highest BCUT2D eigenvalue weighted by Crippen LogP contribution is 2.23. The topological polar surface area (TPSA) is 54.5 Å². The van der Waals surface area contributed by atoms with Gasteiger partial charge in [0.25, 0.3) is 5.91 Å². The van der Waals surface area contributed by atoms with E-state index in [4.69, 9.17) is 16.3 Å². The van der Waals surface area contributed by atoms with E-state index in [9.17, 15) is 4.79 Å². The van der Waals surface area contributed by atoms with E-state index in [1.807, 2.05) is 24.0 Å². The van der Waals surface area contributed by atoms with Gasteiger partial charge in [-0.25, -0.2) is 4.98 Å². The second-order valence-corrected chi connectivity index (χ2v) is 7.34. The Morgan fingerprint density at radius 3 is 2.92 bits per heavy atom. The summed E-state index contributed by atoms with van der Waals surface area (Å²) in [6, 6.07) is 7.39. The van der Waals surface area contributed by atoms with E-state index >= 15 is 0 Å². The van der Waals surface area contributed by atoms with Crippen LogP contribution in [0.1, 0.15) is 27.3 Å². The fourth-order valence-corrected chi connectivity index (χ4v) is 3.72. The summed E-state index contributed by atoms with van der Waals surface area (Å²) in [5, 5.41) is 4.77. The van der Waals surface area contributed by atoms with Gasteiger partial charge in [0, 0.05) is 30.7 Å². The summed E-state index contributed by atoms with van der Waals surface area (Å²) in [5.74, 6) is 0.799. The number of carbonyl (C=O) groups excluding carboxylic acids is 1. The molecule has 1 amide bonds. The van der Waals surface area contributed by atoms with E-state index in [1.54, 1.807) is 12.1 Å². The highest BCUT2D eigenvalue weighted by Gasteiger charge is 2.27. The van der Waals surface area contributed by atoms with Crippen molar-refractivity contribution in [2.24, 2.45) is 0 Å². The molecule has 1 fully saturated rings. The normalized spacial score (nSPS) is 17.8. The summed E-state index contributed by atoms with van der Waals surface area (Å²) < 4.78 is 5.72. The number of aryl methyl sites for hydroxylation is 1. The predicted molar refractivity (Wildman–Crippen MR) is 96.0 cm³/mol. The number of halogens is 1. The molecule has 0 radical (unpaired) electrons. The van der Waals surface area contributed by atoms with Crippen LogP contribution in [0.25, 0.3) is 0 Å². The van der Waals surface area contributed by atoms with Gasteiger partial charge >= 0.3 is 0 Å². The summed E-state index contributed by atoms with van der Waals surface area (Å²) >= 11 is 7.27. The minimum atomic E-state index is 0.0664. The Kier molecular flexibility index (Phi) is 5.38. The maximum atomic E-state index is 12.8. The molecule has 1 aromatic heterocycles. The minimum absolute atomic E-state index is 0.0664. The molecule has 1 N–H and O–H groups in total. The first kappa shape index (κ1) is 17.2. The number of thiazole rings is 1.